The average Bonchev–Trinajstić information content (AvgIpc) is 2.82. The lowest BCUT2D eigenvalue weighted by Crippen LogP contribution is -1.79. The van der Waals surface area contributed by atoms with E-state index in [1.54, 1.807) is 12.1 Å². The standard InChI is InChI=1S/C15H9FOS.ClH/c16-11-6-4-10(5-7-11)13-2-1-3-15-14(13)8-12(9-17)18-15;/h1-9H;1H. The molecule has 0 amide bonds. The summed E-state index contributed by atoms with van der Waals surface area (Å²) >= 11 is 1.47. The molecule has 0 bridgehead atoms. The van der Waals surface area contributed by atoms with Gasteiger partial charge in [-0.05, 0) is 35.4 Å². The van der Waals surface area contributed by atoms with Gasteiger partial charge in [0.25, 0.3) is 0 Å². The fraction of sp³-hybridized carbons (Fsp3) is 0. The van der Waals surface area contributed by atoms with Gasteiger partial charge in [-0.25, -0.2) is 4.39 Å². The van der Waals surface area contributed by atoms with Gasteiger partial charge in [-0.2, -0.15) is 0 Å². The van der Waals surface area contributed by atoms with Gasteiger partial charge in [0.05, 0.1) is 4.88 Å². The van der Waals surface area contributed by atoms with Crippen LogP contribution in [0.25, 0.3) is 21.2 Å². The van der Waals surface area contributed by atoms with Crippen LogP contribution >= 0.6 is 23.7 Å². The predicted octanol–water partition coefficient (Wildman–Crippen LogP) is 4.94. The van der Waals surface area contributed by atoms with Crippen LogP contribution in [0, 0.1) is 5.82 Å². The molecule has 0 saturated heterocycles. The van der Waals surface area contributed by atoms with Crippen LogP contribution in [-0.2, 0) is 0 Å². The Balaban J connectivity index is 0.00000133. The van der Waals surface area contributed by atoms with Gasteiger partial charge < -0.3 is 0 Å². The molecule has 0 saturated carbocycles. The molecule has 4 heteroatoms. The second-order valence-electron chi connectivity index (χ2n) is 3.99. The highest BCUT2D eigenvalue weighted by Gasteiger charge is 2.07. The summed E-state index contributed by atoms with van der Waals surface area (Å²) in [6.45, 7) is 0. The van der Waals surface area contributed by atoms with Crippen molar-refractivity contribution in [3.8, 4) is 11.1 Å². The zero-order valence-corrected chi connectivity index (χ0v) is 11.4. The van der Waals surface area contributed by atoms with Crippen LogP contribution in [0.2, 0.25) is 0 Å². The molecule has 0 aliphatic rings. The molecule has 3 aromatic rings. The molecule has 0 aliphatic heterocycles. The number of carbonyl (C=O) groups is 1. The third-order valence-corrected chi connectivity index (χ3v) is 3.88. The van der Waals surface area contributed by atoms with Crippen molar-refractivity contribution in [3.63, 3.8) is 0 Å². The number of rotatable bonds is 2. The van der Waals surface area contributed by atoms with Crippen LogP contribution in [0.15, 0.2) is 48.5 Å². The Labute approximate surface area is 120 Å². The highest BCUT2D eigenvalue weighted by Crippen LogP contribution is 2.33. The van der Waals surface area contributed by atoms with Crippen molar-refractivity contribution >= 4 is 40.1 Å². The summed E-state index contributed by atoms with van der Waals surface area (Å²) in [6, 6.07) is 14.2. The largest absolute Gasteiger partial charge is 0.297 e. The molecular formula is C15H10ClFOS. The molecule has 2 aromatic carbocycles. The SMILES string of the molecule is Cl.O=Cc1cc2c(-c3ccc(F)cc3)cccc2s1. The van der Waals surface area contributed by atoms with Gasteiger partial charge >= 0.3 is 0 Å². The summed E-state index contributed by atoms with van der Waals surface area (Å²) in [6.07, 6.45) is 0.860. The maximum absolute atomic E-state index is 12.9. The Bertz CT molecular complexity index is 719. The number of hydrogen-bond acceptors (Lipinski definition) is 2. The van der Waals surface area contributed by atoms with Crippen LogP contribution in [-0.4, -0.2) is 6.29 Å². The summed E-state index contributed by atoms with van der Waals surface area (Å²) in [5, 5.41) is 1.04. The van der Waals surface area contributed by atoms with Crippen molar-refractivity contribution in [3.05, 3.63) is 59.2 Å². The lowest BCUT2D eigenvalue weighted by Gasteiger charge is -2.03. The van der Waals surface area contributed by atoms with Gasteiger partial charge in [-0.15, -0.1) is 23.7 Å². The monoisotopic (exact) mass is 292 g/mol. The van der Waals surface area contributed by atoms with Crippen LogP contribution in [0.3, 0.4) is 0 Å². The molecule has 96 valence electrons. The molecule has 0 N–H and O–H groups in total. The van der Waals surface area contributed by atoms with Crippen molar-refractivity contribution in [2.45, 2.75) is 0 Å². The van der Waals surface area contributed by atoms with E-state index in [1.807, 2.05) is 24.3 Å². The van der Waals surface area contributed by atoms with Crippen LogP contribution < -0.4 is 0 Å². The third-order valence-electron chi connectivity index (χ3n) is 2.85. The molecule has 1 heterocycles. The molecule has 0 radical (unpaired) electrons. The first kappa shape index (κ1) is 13.7. The van der Waals surface area contributed by atoms with E-state index in [1.165, 1.54) is 23.5 Å². The highest BCUT2D eigenvalue weighted by atomic mass is 35.5. The Morgan fingerprint density at radius 3 is 2.47 bits per heavy atom. The van der Waals surface area contributed by atoms with E-state index in [2.05, 4.69) is 0 Å². The molecule has 0 fully saturated rings. The van der Waals surface area contributed by atoms with Crippen LogP contribution in [0.1, 0.15) is 9.67 Å². The smallest absolute Gasteiger partial charge is 0.160 e. The van der Waals surface area contributed by atoms with E-state index >= 15 is 0 Å². The molecule has 0 aliphatic carbocycles. The van der Waals surface area contributed by atoms with Crippen molar-refractivity contribution < 1.29 is 9.18 Å². The van der Waals surface area contributed by atoms with E-state index in [0.717, 1.165) is 27.5 Å². The van der Waals surface area contributed by atoms with Crippen LogP contribution in [0.4, 0.5) is 4.39 Å². The minimum Gasteiger partial charge on any atom is -0.297 e. The summed E-state index contributed by atoms with van der Waals surface area (Å²) in [4.78, 5) is 11.5. The van der Waals surface area contributed by atoms with Crippen LogP contribution in [0.5, 0.6) is 0 Å². The first-order valence-electron chi connectivity index (χ1n) is 5.51. The lowest BCUT2D eigenvalue weighted by atomic mass is 10.0. The molecule has 1 aromatic heterocycles. The van der Waals surface area contributed by atoms with Gasteiger partial charge in [0, 0.05) is 10.1 Å². The molecular weight excluding hydrogens is 283 g/mol. The maximum Gasteiger partial charge on any atom is 0.160 e. The number of aldehydes is 1. The summed E-state index contributed by atoms with van der Waals surface area (Å²) < 4.78 is 14.0. The first-order chi connectivity index (χ1) is 8.78. The van der Waals surface area contributed by atoms with Gasteiger partial charge in [0.1, 0.15) is 5.82 Å². The van der Waals surface area contributed by atoms with E-state index in [-0.39, 0.29) is 18.2 Å². The van der Waals surface area contributed by atoms with Gasteiger partial charge in [0.15, 0.2) is 6.29 Å². The number of fused-ring (bicyclic) bond motifs is 1. The number of thiophene rings is 1. The Hall–Kier alpha value is -1.71. The molecule has 0 unspecified atom stereocenters. The third kappa shape index (κ3) is 2.53. The first-order valence-corrected chi connectivity index (χ1v) is 6.33. The van der Waals surface area contributed by atoms with Crippen molar-refractivity contribution in [1.29, 1.82) is 0 Å². The minimum absolute atomic E-state index is 0. The Morgan fingerprint density at radius 2 is 1.79 bits per heavy atom. The van der Waals surface area contributed by atoms with E-state index < -0.39 is 0 Å². The lowest BCUT2D eigenvalue weighted by molar-refractivity contribution is 0.112. The summed E-state index contributed by atoms with van der Waals surface area (Å²) in [5.41, 5.74) is 1.98. The summed E-state index contributed by atoms with van der Waals surface area (Å²) in [7, 11) is 0. The maximum atomic E-state index is 12.9. The molecule has 3 rings (SSSR count). The van der Waals surface area contributed by atoms with Gasteiger partial charge in [-0.1, -0.05) is 24.3 Å². The zero-order valence-electron chi connectivity index (χ0n) is 9.80. The quantitative estimate of drug-likeness (QED) is 0.611. The van der Waals surface area contributed by atoms with E-state index in [4.69, 9.17) is 0 Å². The summed E-state index contributed by atoms with van der Waals surface area (Å²) in [5.74, 6) is -0.246. The Kier molecular flexibility index (Phi) is 3.98. The highest BCUT2D eigenvalue weighted by molar-refractivity contribution is 7.20. The second kappa shape index (κ2) is 5.51. The fourth-order valence-electron chi connectivity index (χ4n) is 2.02. The molecule has 0 spiro atoms. The second-order valence-corrected chi connectivity index (χ2v) is 5.11. The van der Waals surface area contributed by atoms with Crippen molar-refractivity contribution in [2.24, 2.45) is 0 Å². The average molecular weight is 293 g/mol. The van der Waals surface area contributed by atoms with Gasteiger partial charge in [0.2, 0.25) is 0 Å². The zero-order chi connectivity index (χ0) is 12.5. The molecule has 19 heavy (non-hydrogen) atoms. The van der Waals surface area contributed by atoms with Crippen molar-refractivity contribution in [1.82, 2.24) is 0 Å². The number of hydrogen-bond donors (Lipinski definition) is 0. The fourth-order valence-corrected chi connectivity index (χ4v) is 2.92. The topological polar surface area (TPSA) is 17.1 Å². The van der Waals surface area contributed by atoms with E-state index in [9.17, 15) is 9.18 Å². The van der Waals surface area contributed by atoms with Crippen molar-refractivity contribution in [2.75, 3.05) is 0 Å². The number of benzene rings is 2. The van der Waals surface area contributed by atoms with E-state index in [0.29, 0.717) is 4.88 Å². The van der Waals surface area contributed by atoms with Gasteiger partial charge in [-0.3, -0.25) is 4.79 Å². The number of carbonyl (C=O) groups excluding carboxylic acids is 1. The predicted molar refractivity (Wildman–Crippen MR) is 79.9 cm³/mol. The molecule has 1 nitrogen and oxygen atoms in total. The Morgan fingerprint density at radius 1 is 1.05 bits per heavy atom. The normalized spacial score (nSPS) is 10.2. The molecule has 0 atom stereocenters. The number of halogens is 2. The minimum atomic E-state index is -0.246.